The van der Waals surface area contributed by atoms with Crippen molar-refractivity contribution in [1.82, 2.24) is 15.3 Å². The largest absolute Gasteiger partial charge is 0.394 e. The molecule has 1 fully saturated rings. The van der Waals surface area contributed by atoms with Gasteiger partial charge in [0.05, 0.1) is 17.9 Å². The van der Waals surface area contributed by atoms with Crippen LogP contribution >= 0.6 is 0 Å². The predicted octanol–water partition coefficient (Wildman–Crippen LogP) is 3.11. The molecule has 2 aromatic rings. The van der Waals surface area contributed by atoms with Crippen molar-refractivity contribution in [3.63, 3.8) is 0 Å². The molecule has 1 aliphatic carbocycles. The summed E-state index contributed by atoms with van der Waals surface area (Å²) in [4.78, 5) is 19.3. The van der Waals surface area contributed by atoms with Crippen LogP contribution in [0.15, 0.2) is 36.5 Å². The molecule has 0 bridgehead atoms. The number of rotatable bonds is 5. The van der Waals surface area contributed by atoms with Crippen molar-refractivity contribution < 1.29 is 18.0 Å². The molecule has 2 unspecified atom stereocenters. The molecule has 7 heteroatoms. The molecule has 24 heavy (non-hydrogen) atoms. The molecule has 1 aliphatic rings. The number of H-pyrrole nitrogens is 1. The highest BCUT2D eigenvalue weighted by Crippen LogP contribution is 2.59. The summed E-state index contributed by atoms with van der Waals surface area (Å²) < 4.78 is 39.5. The number of amides is 1. The van der Waals surface area contributed by atoms with Crippen molar-refractivity contribution in [3.05, 3.63) is 53.6 Å². The second-order valence-electron chi connectivity index (χ2n) is 6.07. The van der Waals surface area contributed by atoms with Gasteiger partial charge in [-0.3, -0.25) is 4.79 Å². The fourth-order valence-corrected chi connectivity index (χ4v) is 3.04. The van der Waals surface area contributed by atoms with Crippen LogP contribution in [-0.2, 0) is 23.2 Å². The summed E-state index contributed by atoms with van der Waals surface area (Å²) in [5.74, 6) is -1.57. The van der Waals surface area contributed by atoms with E-state index >= 15 is 0 Å². The van der Waals surface area contributed by atoms with Crippen molar-refractivity contribution >= 4 is 5.91 Å². The molecule has 0 radical (unpaired) electrons. The lowest BCUT2D eigenvalue weighted by Crippen LogP contribution is -2.40. The standard InChI is InChI=1S/C17H18F3N3O/c1-2-12-10-21-14(22-12)8-15(24)23-16(9-13(16)17(18,19)20)11-6-4-3-5-7-11/h3-7,10,13H,2,8-9H2,1H3,(H,21,22)(H,23,24). The Bertz CT molecular complexity index is 726. The van der Waals surface area contributed by atoms with Gasteiger partial charge in [0.2, 0.25) is 5.91 Å². The van der Waals surface area contributed by atoms with E-state index in [4.69, 9.17) is 0 Å². The van der Waals surface area contributed by atoms with Gasteiger partial charge < -0.3 is 10.3 Å². The summed E-state index contributed by atoms with van der Waals surface area (Å²) >= 11 is 0. The molecule has 0 saturated heterocycles. The van der Waals surface area contributed by atoms with Gasteiger partial charge in [0.1, 0.15) is 5.82 Å². The van der Waals surface area contributed by atoms with Crippen LogP contribution in [0.1, 0.15) is 30.4 Å². The molecule has 2 atom stereocenters. The van der Waals surface area contributed by atoms with Crippen LogP contribution in [0.5, 0.6) is 0 Å². The topological polar surface area (TPSA) is 57.8 Å². The Morgan fingerprint density at radius 3 is 2.62 bits per heavy atom. The smallest absolute Gasteiger partial charge is 0.346 e. The van der Waals surface area contributed by atoms with Crippen LogP contribution in [0.2, 0.25) is 0 Å². The Kier molecular flexibility index (Phi) is 4.11. The van der Waals surface area contributed by atoms with E-state index in [9.17, 15) is 18.0 Å². The lowest BCUT2D eigenvalue weighted by atomic mass is 10.0. The summed E-state index contributed by atoms with van der Waals surface area (Å²) in [7, 11) is 0. The number of alkyl halides is 3. The number of aromatic amines is 1. The first-order chi connectivity index (χ1) is 11.3. The first-order valence-electron chi connectivity index (χ1n) is 7.81. The number of hydrogen-bond donors (Lipinski definition) is 2. The summed E-state index contributed by atoms with van der Waals surface area (Å²) in [6.45, 7) is 1.94. The number of imidazole rings is 1. The Balaban J connectivity index is 1.77. The fourth-order valence-electron chi connectivity index (χ4n) is 3.04. The van der Waals surface area contributed by atoms with Crippen molar-refractivity contribution in [2.24, 2.45) is 5.92 Å². The third-order valence-electron chi connectivity index (χ3n) is 4.40. The van der Waals surface area contributed by atoms with Gasteiger partial charge in [0.25, 0.3) is 0 Å². The minimum Gasteiger partial charge on any atom is -0.346 e. The number of nitrogens with one attached hydrogen (secondary N) is 2. The highest BCUT2D eigenvalue weighted by molar-refractivity contribution is 5.79. The third kappa shape index (κ3) is 3.16. The zero-order chi connectivity index (χ0) is 17.4. The quantitative estimate of drug-likeness (QED) is 0.881. The number of carbonyl (C=O) groups excluding carboxylic acids is 1. The molecule has 1 aromatic carbocycles. The maximum absolute atomic E-state index is 13.2. The van der Waals surface area contributed by atoms with Crippen LogP contribution in [0.25, 0.3) is 0 Å². The molecule has 1 saturated carbocycles. The van der Waals surface area contributed by atoms with Gasteiger partial charge in [0.15, 0.2) is 0 Å². The zero-order valence-corrected chi connectivity index (χ0v) is 13.2. The molecule has 3 rings (SSSR count). The normalized spacial score (nSPS) is 23.1. The van der Waals surface area contributed by atoms with E-state index in [-0.39, 0.29) is 12.8 Å². The van der Waals surface area contributed by atoms with E-state index in [1.807, 2.05) is 6.92 Å². The average molecular weight is 337 g/mol. The van der Waals surface area contributed by atoms with Gasteiger partial charge in [-0.25, -0.2) is 4.98 Å². The summed E-state index contributed by atoms with van der Waals surface area (Å²) in [6.07, 6.45) is -2.17. The number of aromatic nitrogens is 2. The fraction of sp³-hybridized carbons (Fsp3) is 0.412. The lowest BCUT2D eigenvalue weighted by molar-refractivity contribution is -0.154. The van der Waals surface area contributed by atoms with Gasteiger partial charge in [-0.1, -0.05) is 37.3 Å². The van der Waals surface area contributed by atoms with E-state index in [2.05, 4.69) is 15.3 Å². The third-order valence-corrected chi connectivity index (χ3v) is 4.40. The summed E-state index contributed by atoms with van der Waals surface area (Å²) in [5, 5.41) is 2.60. The van der Waals surface area contributed by atoms with Crippen molar-refractivity contribution in [1.29, 1.82) is 0 Å². The van der Waals surface area contributed by atoms with E-state index in [1.54, 1.807) is 36.5 Å². The Morgan fingerprint density at radius 2 is 2.08 bits per heavy atom. The maximum Gasteiger partial charge on any atom is 0.394 e. The van der Waals surface area contributed by atoms with Crippen molar-refractivity contribution in [2.75, 3.05) is 0 Å². The van der Waals surface area contributed by atoms with Crippen LogP contribution < -0.4 is 5.32 Å². The number of benzene rings is 1. The van der Waals surface area contributed by atoms with Crippen molar-refractivity contribution in [2.45, 2.75) is 37.9 Å². The molecule has 4 nitrogen and oxygen atoms in total. The first-order valence-corrected chi connectivity index (χ1v) is 7.81. The summed E-state index contributed by atoms with van der Waals surface area (Å²) in [6, 6.07) is 8.32. The van der Waals surface area contributed by atoms with Gasteiger partial charge >= 0.3 is 6.18 Å². The molecule has 1 amide bonds. The Morgan fingerprint density at radius 1 is 1.38 bits per heavy atom. The van der Waals surface area contributed by atoms with Gasteiger partial charge in [0, 0.05) is 11.9 Å². The van der Waals surface area contributed by atoms with E-state index in [0.29, 0.717) is 11.4 Å². The number of hydrogen-bond acceptors (Lipinski definition) is 2. The Hall–Kier alpha value is -2.31. The minimum absolute atomic E-state index is 0.0703. The first kappa shape index (κ1) is 16.5. The lowest BCUT2D eigenvalue weighted by Gasteiger charge is -2.21. The van der Waals surface area contributed by atoms with Crippen LogP contribution in [0.3, 0.4) is 0 Å². The minimum atomic E-state index is -4.34. The van der Waals surface area contributed by atoms with Crippen LogP contribution in [0, 0.1) is 5.92 Å². The monoisotopic (exact) mass is 337 g/mol. The number of nitrogens with zero attached hydrogens (tertiary/aromatic N) is 1. The van der Waals surface area contributed by atoms with Crippen molar-refractivity contribution in [3.8, 4) is 0 Å². The van der Waals surface area contributed by atoms with E-state index in [0.717, 1.165) is 12.1 Å². The predicted molar refractivity (Wildman–Crippen MR) is 82.1 cm³/mol. The molecular weight excluding hydrogens is 319 g/mol. The van der Waals surface area contributed by atoms with E-state index in [1.165, 1.54) is 0 Å². The Labute approximate surface area is 137 Å². The van der Waals surface area contributed by atoms with Crippen LogP contribution in [0.4, 0.5) is 13.2 Å². The van der Waals surface area contributed by atoms with E-state index < -0.39 is 23.5 Å². The maximum atomic E-state index is 13.2. The summed E-state index contributed by atoms with van der Waals surface area (Å²) in [5.41, 5.74) is 0.000992. The van der Waals surface area contributed by atoms with Gasteiger partial charge in [-0.05, 0) is 18.4 Å². The van der Waals surface area contributed by atoms with Gasteiger partial charge in [-0.2, -0.15) is 13.2 Å². The molecule has 1 heterocycles. The second-order valence-corrected chi connectivity index (χ2v) is 6.07. The highest BCUT2D eigenvalue weighted by Gasteiger charge is 2.68. The molecule has 0 spiro atoms. The molecular formula is C17H18F3N3O. The molecule has 2 N–H and O–H groups in total. The highest BCUT2D eigenvalue weighted by atomic mass is 19.4. The zero-order valence-electron chi connectivity index (χ0n) is 13.2. The molecule has 0 aliphatic heterocycles. The van der Waals surface area contributed by atoms with Gasteiger partial charge in [-0.15, -0.1) is 0 Å². The SMILES string of the molecule is CCc1cnc(CC(=O)NC2(c3ccccc3)CC2C(F)(F)F)[nH]1. The number of halogens is 3. The molecule has 1 aromatic heterocycles. The van der Waals surface area contributed by atoms with Crippen LogP contribution in [-0.4, -0.2) is 22.1 Å². The number of carbonyl (C=O) groups is 1. The number of aryl methyl sites for hydroxylation is 1. The second kappa shape index (κ2) is 5.96. The molecule has 128 valence electrons. The average Bonchev–Trinajstić information content (AvgIpc) is 3.11.